The highest BCUT2D eigenvalue weighted by Crippen LogP contribution is 2.33. The number of carbonyl (C=O) groups excluding carboxylic acids is 1. The zero-order chi connectivity index (χ0) is 12.1. The smallest absolute Gasteiger partial charge is 0.235 e. The Balaban J connectivity index is 3.24. The molecule has 0 spiro atoms. The Morgan fingerprint density at radius 1 is 1.50 bits per heavy atom. The molecular formula is C12H14BrNO2. The third kappa shape index (κ3) is 2.94. The van der Waals surface area contributed by atoms with Gasteiger partial charge in [-0.3, -0.25) is 0 Å². The normalized spacial score (nSPS) is 10.1. The zero-order valence-corrected chi connectivity index (χ0v) is 11.2. The van der Waals surface area contributed by atoms with Gasteiger partial charge in [-0.05, 0) is 39.5 Å². The molecule has 0 aliphatic heterocycles. The van der Waals surface area contributed by atoms with Crippen molar-refractivity contribution in [3.05, 3.63) is 27.7 Å². The van der Waals surface area contributed by atoms with Gasteiger partial charge >= 0.3 is 0 Å². The molecule has 4 heteroatoms. The van der Waals surface area contributed by atoms with Crippen LogP contribution in [0.5, 0.6) is 5.75 Å². The molecule has 1 rings (SSSR count). The van der Waals surface area contributed by atoms with Crippen LogP contribution in [0.4, 0.5) is 0 Å². The van der Waals surface area contributed by atoms with Crippen molar-refractivity contribution in [1.29, 1.82) is 0 Å². The molecule has 86 valence electrons. The summed E-state index contributed by atoms with van der Waals surface area (Å²) in [6.07, 6.45) is 1.54. The second-order valence-electron chi connectivity index (χ2n) is 3.76. The summed E-state index contributed by atoms with van der Waals surface area (Å²) >= 11 is 3.45. The summed E-state index contributed by atoms with van der Waals surface area (Å²) in [6, 6.07) is 4.03. The quantitative estimate of drug-likeness (QED) is 0.627. The summed E-state index contributed by atoms with van der Waals surface area (Å²) in [5, 5.41) is 0. The zero-order valence-electron chi connectivity index (χ0n) is 9.58. The monoisotopic (exact) mass is 283 g/mol. The second-order valence-corrected chi connectivity index (χ2v) is 4.61. The van der Waals surface area contributed by atoms with Crippen molar-refractivity contribution in [2.24, 2.45) is 4.99 Å². The minimum absolute atomic E-state index is 0.297. The summed E-state index contributed by atoms with van der Waals surface area (Å²) in [5.74, 6) is 1.14. The molecule has 0 aliphatic carbocycles. The van der Waals surface area contributed by atoms with Crippen molar-refractivity contribution in [3.63, 3.8) is 0 Å². The van der Waals surface area contributed by atoms with Crippen LogP contribution in [0.1, 0.15) is 30.9 Å². The van der Waals surface area contributed by atoms with E-state index in [4.69, 9.17) is 4.74 Å². The largest absolute Gasteiger partial charge is 0.495 e. The van der Waals surface area contributed by atoms with Gasteiger partial charge in [-0.25, -0.2) is 9.79 Å². The first-order valence-electron chi connectivity index (χ1n) is 5.00. The molecule has 1 aromatic rings. The van der Waals surface area contributed by atoms with E-state index in [9.17, 15) is 4.79 Å². The van der Waals surface area contributed by atoms with Gasteiger partial charge in [-0.15, -0.1) is 0 Å². The number of aliphatic imine (C=N–C) groups is 1. The standard InChI is InChI=1S/C12H14BrNO2/c1-8(2)9-4-10(6-14-7-15)12(16-3)11(13)5-9/h4-5,8H,6H2,1-3H3. The topological polar surface area (TPSA) is 38.7 Å². The average Bonchev–Trinajstić information content (AvgIpc) is 2.25. The van der Waals surface area contributed by atoms with Crippen LogP contribution >= 0.6 is 15.9 Å². The van der Waals surface area contributed by atoms with Crippen molar-refractivity contribution in [3.8, 4) is 5.75 Å². The maximum absolute atomic E-state index is 10.1. The molecule has 0 aliphatic rings. The number of rotatable bonds is 4. The van der Waals surface area contributed by atoms with Gasteiger partial charge in [-0.2, -0.15) is 0 Å². The van der Waals surface area contributed by atoms with E-state index in [0.717, 1.165) is 15.8 Å². The van der Waals surface area contributed by atoms with E-state index < -0.39 is 0 Å². The SMILES string of the molecule is COc1c(Br)cc(C(C)C)cc1CN=C=O. The molecule has 1 aromatic carbocycles. The van der Waals surface area contributed by atoms with E-state index in [2.05, 4.69) is 34.8 Å². The molecule has 16 heavy (non-hydrogen) atoms. The van der Waals surface area contributed by atoms with Gasteiger partial charge in [0.05, 0.1) is 18.1 Å². The molecule has 0 radical (unpaired) electrons. The number of nitrogens with zero attached hydrogens (tertiary/aromatic N) is 1. The molecule has 0 atom stereocenters. The molecule has 0 amide bonds. The van der Waals surface area contributed by atoms with Gasteiger partial charge in [0, 0.05) is 5.56 Å². The molecule has 0 aromatic heterocycles. The van der Waals surface area contributed by atoms with Crippen LogP contribution < -0.4 is 4.74 Å². The van der Waals surface area contributed by atoms with Crippen molar-refractivity contribution in [2.45, 2.75) is 26.3 Å². The van der Waals surface area contributed by atoms with Crippen LogP contribution in [-0.2, 0) is 11.3 Å². The summed E-state index contributed by atoms with van der Waals surface area (Å²) < 4.78 is 6.16. The summed E-state index contributed by atoms with van der Waals surface area (Å²) in [7, 11) is 1.60. The Kier molecular flexibility index (Phi) is 4.71. The molecule has 0 unspecified atom stereocenters. The summed E-state index contributed by atoms with van der Waals surface area (Å²) in [5.41, 5.74) is 2.08. The fraction of sp³-hybridized carbons (Fsp3) is 0.417. The molecule has 0 saturated carbocycles. The van der Waals surface area contributed by atoms with Gasteiger partial charge in [0.1, 0.15) is 5.75 Å². The number of hydrogen-bond donors (Lipinski definition) is 0. The van der Waals surface area contributed by atoms with Gasteiger partial charge in [-0.1, -0.05) is 13.8 Å². The predicted molar refractivity (Wildman–Crippen MR) is 66.6 cm³/mol. The molecule has 3 nitrogen and oxygen atoms in total. The maximum atomic E-state index is 10.1. The van der Waals surface area contributed by atoms with Crippen LogP contribution in [0.3, 0.4) is 0 Å². The van der Waals surface area contributed by atoms with Gasteiger partial charge < -0.3 is 4.74 Å². The first-order valence-corrected chi connectivity index (χ1v) is 5.79. The summed E-state index contributed by atoms with van der Waals surface area (Å²) in [6.45, 7) is 4.52. The molecule has 0 saturated heterocycles. The van der Waals surface area contributed by atoms with E-state index >= 15 is 0 Å². The number of hydrogen-bond acceptors (Lipinski definition) is 3. The fourth-order valence-corrected chi connectivity index (χ4v) is 2.15. The average molecular weight is 284 g/mol. The Morgan fingerprint density at radius 3 is 2.69 bits per heavy atom. The van der Waals surface area contributed by atoms with Crippen molar-refractivity contribution in [1.82, 2.24) is 0 Å². The minimum atomic E-state index is 0.297. The first kappa shape index (κ1) is 12.9. The lowest BCUT2D eigenvalue weighted by Gasteiger charge is -2.13. The number of halogens is 1. The maximum Gasteiger partial charge on any atom is 0.235 e. The number of methoxy groups -OCH3 is 1. The van der Waals surface area contributed by atoms with E-state index in [1.54, 1.807) is 7.11 Å². The molecule has 0 heterocycles. The van der Waals surface area contributed by atoms with E-state index in [1.807, 2.05) is 12.1 Å². The third-order valence-corrected chi connectivity index (χ3v) is 2.92. The molecule has 0 bridgehead atoms. The lowest BCUT2D eigenvalue weighted by atomic mass is 10.0. The van der Waals surface area contributed by atoms with Gasteiger partial charge in [0.25, 0.3) is 0 Å². The van der Waals surface area contributed by atoms with Gasteiger partial charge in [0.15, 0.2) is 0 Å². The number of isocyanates is 1. The van der Waals surface area contributed by atoms with Crippen LogP contribution in [0.2, 0.25) is 0 Å². The van der Waals surface area contributed by atoms with Gasteiger partial charge in [0.2, 0.25) is 6.08 Å². The third-order valence-electron chi connectivity index (χ3n) is 2.33. The number of benzene rings is 1. The molecule has 0 N–H and O–H groups in total. The van der Waals surface area contributed by atoms with Crippen molar-refractivity contribution in [2.75, 3.05) is 7.11 Å². The lowest BCUT2D eigenvalue weighted by Crippen LogP contribution is -1.96. The van der Waals surface area contributed by atoms with Crippen molar-refractivity contribution < 1.29 is 9.53 Å². The van der Waals surface area contributed by atoms with Crippen LogP contribution in [-0.4, -0.2) is 13.2 Å². The van der Waals surface area contributed by atoms with Crippen molar-refractivity contribution >= 4 is 22.0 Å². The fourth-order valence-electron chi connectivity index (χ4n) is 1.47. The minimum Gasteiger partial charge on any atom is -0.495 e. The molecule has 0 fully saturated rings. The van der Waals surface area contributed by atoms with E-state index in [-0.39, 0.29) is 0 Å². The predicted octanol–water partition coefficient (Wildman–Crippen LogP) is 3.42. The van der Waals surface area contributed by atoms with E-state index in [1.165, 1.54) is 11.6 Å². The highest BCUT2D eigenvalue weighted by atomic mass is 79.9. The lowest BCUT2D eigenvalue weighted by molar-refractivity contribution is 0.407. The highest BCUT2D eigenvalue weighted by molar-refractivity contribution is 9.10. The number of ether oxygens (including phenoxy) is 1. The molecular weight excluding hydrogens is 270 g/mol. The van der Waals surface area contributed by atoms with E-state index in [0.29, 0.717) is 12.5 Å². The Bertz CT molecular complexity index is 423. The Labute approximate surface area is 104 Å². The van der Waals surface area contributed by atoms with Crippen LogP contribution in [0.15, 0.2) is 21.6 Å². The highest BCUT2D eigenvalue weighted by Gasteiger charge is 2.11. The Hall–Kier alpha value is -1.12. The van der Waals surface area contributed by atoms with Crippen LogP contribution in [0.25, 0.3) is 0 Å². The first-order chi connectivity index (χ1) is 7.60. The Morgan fingerprint density at radius 2 is 2.19 bits per heavy atom. The second kappa shape index (κ2) is 5.83. The summed E-state index contributed by atoms with van der Waals surface area (Å²) in [4.78, 5) is 13.7. The van der Waals surface area contributed by atoms with Crippen LogP contribution in [0, 0.1) is 0 Å².